The summed E-state index contributed by atoms with van der Waals surface area (Å²) in [6.45, 7) is 4.29. The molecule has 20 heavy (non-hydrogen) atoms. The van der Waals surface area contributed by atoms with Gasteiger partial charge in [-0.3, -0.25) is 9.59 Å². The van der Waals surface area contributed by atoms with Gasteiger partial charge in [0.15, 0.2) is 0 Å². The molecule has 0 aromatic rings. The standard InChI is InChI=1S/C14H25N3O2S/c1-3-10(2)17-11(18)6-9-16-13(19)14(12(15)20)7-4-5-8-14/h10H,3-9H2,1-2H3,(H2,15,20)(H,16,19)(H,17,18). The van der Waals surface area contributed by atoms with Gasteiger partial charge in [0.2, 0.25) is 11.8 Å². The van der Waals surface area contributed by atoms with E-state index < -0.39 is 5.41 Å². The second-order valence-corrected chi connectivity index (χ2v) is 5.98. The zero-order valence-corrected chi connectivity index (χ0v) is 13.1. The summed E-state index contributed by atoms with van der Waals surface area (Å²) in [5.41, 5.74) is 5.05. The number of carbonyl (C=O) groups excluding carboxylic acids is 2. The van der Waals surface area contributed by atoms with E-state index in [1.54, 1.807) is 0 Å². The predicted molar refractivity (Wildman–Crippen MR) is 83.2 cm³/mol. The minimum absolute atomic E-state index is 0.0459. The summed E-state index contributed by atoms with van der Waals surface area (Å²) in [5, 5.41) is 5.67. The van der Waals surface area contributed by atoms with Crippen LogP contribution in [0.4, 0.5) is 0 Å². The molecule has 1 aliphatic rings. The monoisotopic (exact) mass is 299 g/mol. The fourth-order valence-electron chi connectivity index (χ4n) is 2.47. The Balaban J connectivity index is 2.39. The van der Waals surface area contributed by atoms with E-state index in [9.17, 15) is 9.59 Å². The molecule has 114 valence electrons. The van der Waals surface area contributed by atoms with Gasteiger partial charge in [-0.15, -0.1) is 0 Å². The number of carbonyl (C=O) groups is 2. The second kappa shape index (κ2) is 7.57. The Morgan fingerprint density at radius 2 is 1.95 bits per heavy atom. The Kier molecular flexibility index (Phi) is 6.39. The maximum atomic E-state index is 12.3. The highest BCUT2D eigenvalue weighted by Crippen LogP contribution is 2.38. The normalized spacial score (nSPS) is 18.3. The van der Waals surface area contributed by atoms with Gasteiger partial charge in [0.1, 0.15) is 0 Å². The molecule has 0 radical (unpaired) electrons. The van der Waals surface area contributed by atoms with Gasteiger partial charge < -0.3 is 16.4 Å². The summed E-state index contributed by atoms with van der Waals surface area (Å²) in [4.78, 5) is 24.1. The molecule has 0 aromatic heterocycles. The smallest absolute Gasteiger partial charge is 0.233 e. The summed E-state index contributed by atoms with van der Waals surface area (Å²) in [6, 6.07) is 0.163. The third kappa shape index (κ3) is 4.16. The van der Waals surface area contributed by atoms with Crippen molar-refractivity contribution in [2.75, 3.05) is 6.54 Å². The lowest BCUT2D eigenvalue weighted by molar-refractivity contribution is -0.127. The molecule has 1 saturated carbocycles. The number of nitrogens with one attached hydrogen (secondary N) is 2. The maximum Gasteiger partial charge on any atom is 0.233 e. The topological polar surface area (TPSA) is 84.2 Å². The Hall–Kier alpha value is -1.17. The van der Waals surface area contributed by atoms with E-state index in [1.165, 1.54) is 0 Å². The average molecular weight is 299 g/mol. The molecule has 1 atom stereocenters. The first-order chi connectivity index (χ1) is 9.42. The van der Waals surface area contributed by atoms with Gasteiger partial charge in [-0.2, -0.15) is 0 Å². The van der Waals surface area contributed by atoms with Gasteiger partial charge in [0.25, 0.3) is 0 Å². The molecule has 1 rings (SSSR count). The highest BCUT2D eigenvalue weighted by atomic mass is 32.1. The van der Waals surface area contributed by atoms with Crippen molar-refractivity contribution >= 4 is 29.0 Å². The Labute approximate surface area is 126 Å². The fraction of sp³-hybridized carbons (Fsp3) is 0.786. The molecule has 2 amide bonds. The third-order valence-electron chi connectivity index (χ3n) is 4.02. The third-order valence-corrected chi connectivity index (χ3v) is 4.41. The first-order valence-corrected chi connectivity index (χ1v) is 7.70. The number of nitrogens with two attached hydrogens (primary N) is 1. The zero-order chi connectivity index (χ0) is 15.2. The largest absolute Gasteiger partial charge is 0.392 e. The van der Waals surface area contributed by atoms with E-state index in [0.717, 1.165) is 19.3 Å². The molecule has 1 aliphatic carbocycles. The van der Waals surface area contributed by atoms with Crippen molar-refractivity contribution in [3.63, 3.8) is 0 Å². The van der Waals surface area contributed by atoms with E-state index in [1.807, 2.05) is 13.8 Å². The number of hydrogen-bond donors (Lipinski definition) is 3. The lowest BCUT2D eigenvalue weighted by Gasteiger charge is -2.26. The van der Waals surface area contributed by atoms with Crippen LogP contribution >= 0.6 is 12.2 Å². The van der Waals surface area contributed by atoms with Gasteiger partial charge in [-0.25, -0.2) is 0 Å². The van der Waals surface area contributed by atoms with Crippen LogP contribution in [0.5, 0.6) is 0 Å². The Bertz CT molecular complexity index is 379. The van der Waals surface area contributed by atoms with Crippen molar-refractivity contribution in [2.24, 2.45) is 11.1 Å². The minimum atomic E-state index is -0.692. The lowest BCUT2D eigenvalue weighted by atomic mass is 9.85. The van der Waals surface area contributed by atoms with Gasteiger partial charge in [-0.05, 0) is 26.2 Å². The van der Waals surface area contributed by atoms with Crippen LogP contribution in [-0.2, 0) is 9.59 Å². The molecule has 0 aliphatic heterocycles. The molecular formula is C14H25N3O2S. The Morgan fingerprint density at radius 3 is 2.45 bits per heavy atom. The average Bonchev–Trinajstić information content (AvgIpc) is 2.89. The van der Waals surface area contributed by atoms with E-state index in [-0.39, 0.29) is 29.3 Å². The molecule has 1 unspecified atom stereocenters. The van der Waals surface area contributed by atoms with Crippen LogP contribution in [0, 0.1) is 5.41 Å². The molecule has 1 fully saturated rings. The van der Waals surface area contributed by atoms with Crippen LogP contribution < -0.4 is 16.4 Å². The second-order valence-electron chi connectivity index (χ2n) is 5.54. The highest BCUT2D eigenvalue weighted by molar-refractivity contribution is 7.80. The lowest BCUT2D eigenvalue weighted by Crippen LogP contribution is -2.48. The van der Waals surface area contributed by atoms with Crippen molar-refractivity contribution in [2.45, 2.75) is 58.4 Å². The van der Waals surface area contributed by atoms with Crippen LogP contribution in [0.1, 0.15) is 52.4 Å². The van der Waals surface area contributed by atoms with Crippen molar-refractivity contribution in [1.82, 2.24) is 10.6 Å². The van der Waals surface area contributed by atoms with Crippen LogP contribution in [-0.4, -0.2) is 29.4 Å². The summed E-state index contributed by atoms with van der Waals surface area (Å²) in [7, 11) is 0. The molecule has 0 aromatic carbocycles. The quantitative estimate of drug-likeness (QED) is 0.618. The molecule has 0 saturated heterocycles. The fourth-order valence-corrected chi connectivity index (χ4v) is 2.77. The van der Waals surface area contributed by atoms with E-state index >= 15 is 0 Å². The Morgan fingerprint density at radius 1 is 1.35 bits per heavy atom. The van der Waals surface area contributed by atoms with Crippen molar-refractivity contribution < 1.29 is 9.59 Å². The molecular weight excluding hydrogens is 274 g/mol. The van der Waals surface area contributed by atoms with E-state index in [0.29, 0.717) is 19.4 Å². The van der Waals surface area contributed by atoms with Gasteiger partial charge in [0.05, 0.1) is 10.4 Å². The summed E-state index contributed by atoms with van der Waals surface area (Å²) in [5.74, 6) is -0.172. The van der Waals surface area contributed by atoms with Crippen LogP contribution in [0.25, 0.3) is 0 Å². The first kappa shape index (κ1) is 16.9. The van der Waals surface area contributed by atoms with Gasteiger partial charge in [-0.1, -0.05) is 32.0 Å². The molecule has 0 bridgehead atoms. The highest BCUT2D eigenvalue weighted by Gasteiger charge is 2.43. The minimum Gasteiger partial charge on any atom is -0.392 e. The van der Waals surface area contributed by atoms with Crippen LogP contribution in [0.3, 0.4) is 0 Å². The maximum absolute atomic E-state index is 12.3. The summed E-state index contributed by atoms with van der Waals surface area (Å²) >= 11 is 5.06. The van der Waals surface area contributed by atoms with Crippen molar-refractivity contribution in [3.8, 4) is 0 Å². The van der Waals surface area contributed by atoms with E-state index in [2.05, 4.69) is 10.6 Å². The number of amides is 2. The molecule has 0 heterocycles. The summed E-state index contributed by atoms with van der Waals surface area (Å²) in [6.07, 6.45) is 4.55. The summed E-state index contributed by atoms with van der Waals surface area (Å²) < 4.78 is 0. The first-order valence-electron chi connectivity index (χ1n) is 7.30. The van der Waals surface area contributed by atoms with Crippen LogP contribution in [0.15, 0.2) is 0 Å². The predicted octanol–water partition coefficient (Wildman–Crippen LogP) is 1.25. The number of hydrogen-bond acceptors (Lipinski definition) is 3. The van der Waals surface area contributed by atoms with Gasteiger partial charge >= 0.3 is 0 Å². The number of rotatable bonds is 7. The van der Waals surface area contributed by atoms with Gasteiger partial charge in [0, 0.05) is 19.0 Å². The van der Waals surface area contributed by atoms with Crippen molar-refractivity contribution in [1.29, 1.82) is 0 Å². The van der Waals surface area contributed by atoms with Crippen molar-refractivity contribution in [3.05, 3.63) is 0 Å². The molecule has 6 heteroatoms. The van der Waals surface area contributed by atoms with E-state index in [4.69, 9.17) is 18.0 Å². The molecule has 0 spiro atoms. The SMILES string of the molecule is CCC(C)NC(=O)CCNC(=O)C1(C(N)=S)CCCC1. The molecule has 5 nitrogen and oxygen atoms in total. The van der Waals surface area contributed by atoms with Crippen LogP contribution in [0.2, 0.25) is 0 Å². The number of thiocarbonyl (C=S) groups is 1. The molecule has 4 N–H and O–H groups in total. The zero-order valence-electron chi connectivity index (χ0n) is 12.3.